The molecule has 3 amide bonds. The van der Waals surface area contributed by atoms with Gasteiger partial charge in [0, 0.05) is 6.42 Å². The molecule has 0 heterocycles. The van der Waals surface area contributed by atoms with E-state index >= 15 is 0 Å². The standard InChI is InChI=1S/C22H27N3O6/c1-22(2,3)31-21(30)25(17(20(28)29)13-18(23)26)24-19(27)12-11-15-9-6-8-14-7-4-5-10-16(14)15/h4-10,17H,11-13H2,1-3H3,(H2,23,26)(H,24,27)(H,28,29)/t17-/m0/s1. The highest BCUT2D eigenvalue weighted by Gasteiger charge is 2.35. The number of hydrogen-bond acceptors (Lipinski definition) is 5. The minimum atomic E-state index is -1.70. The van der Waals surface area contributed by atoms with Gasteiger partial charge >= 0.3 is 12.1 Å². The van der Waals surface area contributed by atoms with Crippen LogP contribution in [0.1, 0.15) is 39.2 Å². The molecule has 0 fully saturated rings. The number of nitrogens with two attached hydrogens (primary N) is 1. The second-order valence-electron chi connectivity index (χ2n) is 8.05. The molecule has 166 valence electrons. The number of ether oxygens (including phenoxy) is 1. The van der Waals surface area contributed by atoms with Crippen molar-refractivity contribution in [3.05, 3.63) is 48.0 Å². The Hall–Kier alpha value is -3.62. The Morgan fingerprint density at radius 1 is 1.10 bits per heavy atom. The second kappa shape index (κ2) is 9.92. The molecular formula is C22H27N3O6. The zero-order chi connectivity index (χ0) is 23.2. The van der Waals surface area contributed by atoms with Gasteiger partial charge in [-0.05, 0) is 43.5 Å². The van der Waals surface area contributed by atoms with Crippen LogP contribution in [-0.4, -0.2) is 45.6 Å². The number of fused-ring (bicyclic) bond motifs is 1. The molecule has 4 N–H and O–H groups in total. The number of carbonyl (C=O) groups excluding carboxylic acids is 3. The number of aryl methyl sites for hydroxylation is 1. The third-order valence-electron chi connectivity index (χ3n) is 4.33. The van der Waals surface area contributed by atoms with E-state index in [1.807, 2.05) is 42.5 Å². The number of hydrazine groups is 1. The number of amides is 3. The lowest BCUT2D eigenvalue weighted by molar-refractivity contribution is -0.148. The fourth-order valence-electron chi connectivity index (χ4n) is 2.99. The maximum atomic E-state index is 12.6. The van der Waals surface area contributed by atoms with Crippen molar-refractivity contribution in [3.63, 3.8) is 0 Å². The molecule has 9 nitrogen and oxygen atoms in total. The van der Waals surface area contributed by atoms with Gasteiger partial charge in [-0.3, -0.25) is 15.0 Å². The third kappa shape index (κ3) is 6.98. The second-order valence-corrected chi connectivity index (χ2v) is 8.05. The summed E-state index contributed by atoms with van der Waals surface area (Å²) in [7, 11) is 0. The van der Waals surface area contributed by atoms with E-state index in [1.54, 1.807) is 20.8 Å². The van der Waals surface area contributed by atoms with Crippen molar-refractivity contribution in [1.29, 1.82) is 0 Å². The molecule has 0 saturated heterocycles. The van der Waals surface area contributed by atoms with Crippen LogP contribution in [0.3, 0.4) is 0 Å². The SMILES string of the molecule is CC(C)(C)OC(=O)N(NC(=O)CCc1cccc2ccccc12)[C@@H](CC(N)=O)C(=O)O. The van der Waals surface area contributed by atoms with Gasteiger partial charge in [-0.1, -0.05) is 42.5 Å². The molecule has 0 unspecified atom stereocenters. The molecule has 0 spiro atoms. The molecule has 1 atom stereocenters. The van der Waals surface area contributed by atoms with Crippen molar-refractivity contribution in [1.82, 2.24) is 10.4 Å². The third-order valence-corrected chi connectivity index (χ3v) is 4.33. The number of aliphatic carboxylic acids is 1. The Morgan fingerprint density at radius 3 is 2.35 bits per heavy atom. The average Bonchev–Trinajstić information content (AvgIpc) is 2.67. The number of primary amides is 1. The molecule has 0 aliphatic heterocycles. The predicted octanol–water partition coefficient (Wildman–Crippen LogP) is 2.37. The minimum Gasteiger partial charge on any atom is -0.480 e. The van der Waals surface area contributed by atoms with E-state index in [2.05, 4.69) is 5.43 Å². The van der Waals surface area contributed by atoms with Crippen LogP contribution >= 0.6 is 0 Å². The molecule has 0 radical (unpaired) electrons. The lowest BCUT2D eigenvalue weighted by Gasteiger charge is -2.31. The monoisotopic (exact) mass is 429 g/mol. The Kier molecular flexibility index (Phi) is 7.57. The molecular weight excluding hydrogens is 402 g/mol. The lowest BCUT2D eigenvalue weighted by Crippen LogP contribution is -2.57. The van der Waals surface area contributed by atoms with E-state index in [9.17, 15) is 24.3 Å². The van der Waals surface area contributed by atoms with Crippen LogP contribution in [0.2, 0.25) is 0 Å². The van der Waals surface area contributed by atoms with Gasteiger partial charge in [0.1, 0.15) is 5.60 Å². The number of rotatable bonds is 7. The largest absolute Gasteiger partial charge is 0.480 e. The van der Waals surface area contributed by atoms with Gasteiger partial charge in [0.2, 0.25) is 11.8 Å². The number of carbonyl (C=O) groups is 4. The minimum absolute atomic E-state index is 0.0176. The van der Waals surface area contributed by atoms with Crippen molar-refractivity contribution in [2.45, 2.75) is 51.7 Å². The highest BCUT2D eigenvalue weighted by atomic mass is 16.6. The first-order valence-corrected chi connectivity index (χ1v) is 9.77. The van der Waals surface area contributed by atoms with E-state index < -0.39 is 41.9 Å². The normalized spacial score (nSPS) is 12.1. The van der Waals surface area contributed by atoms with Crippen molar-refractivity contribution < 1.29 is 29.0 Å². The maximum absolute atomic E-state index is 12.6. The summed E-state index contributed by atoms with van der Waals surface area (Å²) in [4.78, 5) is 48.1. The molecule has 0 aliphatic carbocycles. The van der Waals surface area contributed by atoms with E-state index in [4.69, 9.17) is 10.5 Å². The van der Waals surface area contributed by atoms with Gasteiger partial charge in [0.05, 0.1) is 6.42 Å². The van der Waals surface area contributed by atoms with Crippen molar-refractivity contribution in [3.8, 4) is 0 Å². The molecule has 0 saturated carbocycles. The molecule has 9 heteroatoms. The summed E-state index contributed by atoms with van der Waals surface area (Å²) in [6, 6.07) is 11.8. The summed E-state index contributed by atoms with van der Waals surface area (Å²) < 4.78 is 5.19. The summed E-state index contributed by atoms with van der Waals surface area (Å²) in [5.41, 5.74) is 7.39. The van der Waals surface area contributed by atoms with E-state index in [1.165, 1.54) is 0 Å². The fraction of sp³-hybridized carbons (Fsp3) is 0.364. The van der Waals surface area contributed by atoms with Gasteiger partial charge in [-0.25, -0.2) is 14.6 Å². The number of hydrogen-bond donors (Lipinski definition) is 3. The summed E-state index contributed by atoms with van der Waals surface area (Å²) in [5, 5.41) is 12.0. The Balaban J connectivity index is 2.18. The molecule has 0 aromatic heterocycles. The van der Waals surface area contributed by atoms with Crippen LogP contribution in [0.15, 0.2) is 42.5 Å². The predicted molar refractivity (Wildman–Crippen MR) is 114 cm³/mol. The van der Waals surface area contributed by atoms with Gasteiger partial charge in [0.15, 0.2) is 6.04 Å². The van der Waals surface area contributed by atoms with Crippen LogP contribution in [0.25, 0.3) is 10.8 Å². The highest BCUT2D eigenvalue weighted by Crippen LogP contribution is 2.20. The van der Waals surface area contributed by atoms with E-state index in [0.717, 1.165) is 16.3 Å². The first kappa shape index (κ1) is 23.7. The van der Waals surface area contributed by atoms with Gasteiger partial charge in [-0.2, -0.15) is 0 Å². The van der Waals surface area contributed by atoms with Crippen LogP contribution in [-0.2, 0) is 25.5 Å². The Labute approximate surface area is 180 Å². The van der Waals surface area contributed by atoms with Crippen LogP contribution in [0, 0.1) is 0 Å². The summed E-state index contributed by atoms with van der Waals surface area (Å²) in [6.07, 6.45) is -1.43. The van der Waals surface area contributed by atoms with Gasteiger partial charge in [0.25, 0.3) is 0 Å². The van der Waals surface area contributed by atoms with Crippen LogP contribution in [0.5, 0.6) is 0 Å². The molecule has 0 bridgehead atoms. The highest BCUT2D eigenvalue weighted by molar-refractivity contribution is 5.89. The average molecular weight is 429 g/mol. The summed E-state index contributed by atoms with van der Waals surface area (Å²) in [5.74, 6) is -3.04. The van der Waals surface area contributed by atoms with Crippen molar-refractivity contribution >= 4 is 34.6 Å². The maximum Gasteiger partial charge on any atom is 0.430 e. The number of carboxylic acid groups (broad SMARTS) is 1. The lowest BCUT2D eigenvalue weighted by atomic mass is 10.0. The number of carboxylic acids is 1. The number of benzene rings is 2. The molecule has 2 rings (SSSR count). The van der Waals surface area contributed by atoms with E-state index in [-0.39, 0.29) is 6.42 Å². The number of nitrogens with one attached hydrogen (secondary N) is 1. The summed E-state index contributed by atoms with van der Waals surface area (Å²) in [6.45, 7) is 4.78. The topological polar surface area (TPSA) is 139 Å². The van der Waals surface area contributed by atoms with E-state index in [0.29, 0.717) is 11.4 Å². The quantitative estimate of drug-likeness (QED) is 0.578. The Bertz CT molecular complexity index is 977. The van der Waals surface area contributed by atoms with Crippen molar-refractivity contribution in [2.24, 2.45) is 5.73 Å². The van der Waals surface area contributed by atoms with Crippen LogP contribution < -0.4 is 11.2 Å². The van der Waals surface area contributed by atoms with Crippen LogP contribution in [0.4, 0.5) is 4.79 Å². The first-order chi connectivity index (χ1) is 14.5. The number of nitrogens with zero attached hydrogens (tertiary/aromatic N) is 1. The fourth-order valence-corrected chi connectivity index (χ4v) is 2.99. The summed E-state index contributed by atoms with van der Waals surface area (Å²) >= 11 is 0. The van der Waals surface area contributed by atoms with Gasteiger partial charge in [-0.15, -0.1) is 0 Å². The Morgan fingerprint density at radius 2 is 1.74 bits per heavy atom. The zero-order valence-electron chi connectivity index (χ0n) is 17.8. The first-order valence-electron chi connectivity index (χ1n) is 9.77. The molecule has 0 aliphatic rings. The zero-order valence-corrected chi connectivity index (χ0v) is 17.8. The molecule has 2 aromatic carbocycles. The van der Waals surface area contributed by atoms with Gasteiger partial charge < -0.3 is 15.6 Å². The molecule has 2 aromatic rings. The van der Waals surface area contributed by atoms with Crippen molar-refractivity contribution in [2.75, 3.05) is 0 Å². The molecule has 31 heavy (non-hydrogen) atoms. The smallest absolute Gasteiger partial charge is 0.430 e.